The highest BCUT2D eigenvalue weighted by Crippen LogP contribution is 2.31. The second-order valence-electron chi connectivity index (χ2n) is 6.78. The number of nitro groups is 1. The normalized spacial score (nSPS) is 11.1. The predicted molar refractivity (Wildman–Crippen MR) is 135 cm³/mol. The van der Waals surface area contributed by atoms with E-state index in [-0.39, 0.29) is 28.8 Å². The zero-order valence-corrected chi connectivity index (χ0v) is 20.1. The quantitative estimate of drug-likeness (QED) is 0.114. The van der Waals surface area contributed by atoms with Gasteiger partial charge in [0, 0.05) is 34.9 Å². The number of rotatable bonds is 11. The first-order valence-electron chi connectivity index (χ1n) is 9.99. The molecule has 34 heavy (non-hydrogen) atoms. The van der Waals surface area contributed by atoms with Crippen molar-refractivity contribution in [2.45, 2.75) is 11.5 Å². The van der Waals surface area contributed by atoms with Gasteiger partial charge in [0.15, 0.2) is 5.71 Å². The summed E-state index contributed by atoms with van der Waals surface area (Å²) in [5, 5.41) is 27.3. The lowest BCUT2D eigenvalue weighted by atomic mass is 10.1. The molecular formula is C23H20ClN3O5S2. The Bertz CT molecular complexity index is 1160. The van der Waals surface area contributed by atoms with Crippen molar-refractivity contribution >= 4 is 50.5 Å². The number of amides is 1. The molecule has 0 heterocycles. The van der Waals surface area contributed by atoms with Gasteiger partial charge in [-0.15, -0.1) is 0 Å². The van der Waals surface area contributed by atoms with Crippen molar-refractivity contribution in [2.24, 2.45) is 5.16 Å². The first-order chi connectivity index (χ1) is 16.4. The summed E-state index contributed by atoms with van der Waals surface area (Å²) in [5.41, 5.74) is 1.37. The number of halogens is 1. The van der Waals surface area contributed by atoms with Crippen molar-refractivity contribution in [3.63, 3.8) is 0 Å². The first-order valence-corrected chi connectivity index (χ1v) is 12.7. The van der Waals surface area contributed by atoms with Crippen LogP contribution in [0.25, 0.3) is 0 Å². The molecule has 176 valence electrons. The SMILES string of the molecule is O=C(NCCSSc1ccc([N+](=O)[O-])cc1)/C(=N\OCc1ccccc1)c1ccc(O)c(Cl)c1. The van der Waals surface area contributed by atoms with Crippen LogP contribution in [0, 0.1) is 10.1 Å². The molecular weight excluding hydrogens is 498 g/mol. The van der Waals surface area contributed by atoms with E-state index in [1.165, 1.54) is 51.9 Å². The molecule has 0 aliphatic heterocycles. The third-order valence-electron chi connectivity index (χ3n) is 4.34. The zero-order chi connectivity index (χ0) is 24.3. The average molecular weight is 518 g/mol. The van der Waals surface area contributed by atoms with E-state index in [0.29, 0.717) is 17.9 Å². The van der Waals surface area contributed by atoms with Crippen molar-refractivity contribution in [1.82, 2.24) is 5.32 Å². The molecule has 8 nitrogen and oxygen atoms in total. The van der Waals surface area contributed by atoms with E-state index in [4.69, 9.17) is 16.4 Å². The molecule has 0 saturated carbocycles. The minimum absolute atomic E-state index is 0.0332. The molecule has 0 atom stereocenters. The van der Waals surface area contributed by atoms with Crippen LogP contribution in [0.4, 0.5) is 5.69 Å². The number of hydrogen-bond donors (Lipinski definition) is 2. The Morgan fingerprint density at radius 3 is 2.53 bits per heavy atom. The van der Waals surface area contributed by atoms with Crippen LogP contribution in [0.15, 0.2) is 82.8 Å². The van der Waals surface area contributed by atoms with E-state index in [2.05, 4.69) is 10.5 Å². The summed E-state index contributed by atoms with van der Waals surface area (Å²) in [7, 11) is 2.95. The second-order valence-corrected chi connectivity index (χ2v) is 9.67. The number of hydrogen-bond acceptors (Lipinski definition) is 8. The molecule has 3 rings (SSSR count). The molecule has 0 aliphatic rings. The largest absolute Gasteiger partial charge is 0.506 e. The summed E-state index contributed by atoms with van der Waals surface area (Å²) in [4.78, 5) is 29.4. The number of carbonyl (C=O) groups excluding carboxylic acids is 1. The number of phenols is 1. The van der Waals surface area contributed by atoms with E-state index in [1.54, 1.807) is 12.1 Å². The first kappa shape index (κ1) is 25.4. The van der Waals surface area contributed by atoms with Crippen LogP contribution < -0.4 is 5.32 Å². The van der Waals surface area contributed by atoms with Gasteiger partial charge in [-0.2, -0.15) is 0 Å². The molecule has 0 unspecified atom stereocenters. The minimum atomic E-state index is -0.448. The topological polar surface area (TPSA) is 114 Å². The Hall–Kier alpha value is -3.21. The summed E-state index contributed by atoms with van der Waals surface area (Å²) in [6.07, 6.45) is 0. The van der Waals surface area contributed by atoms with Gasteiger partial charge in [0.05, 0.1) is 9.95 Å². The third kappa shape index (κ3) is 7.68. The molecule has 0 aliphatic carbocycles. The number of phenolic OH excluding ortho intramolecular Hbond substituents is 1. The second kappa shape index (κ2) is 12.9. The van der Waals surface area contributed by atoms with Crippen molar-refractivity contribution in [3.8, 4) is 5.75 Å². The van der Waals surface area contributed by atoms with Gasteiger partial charge in [0.2, 0.25) is 0 Å². The molecule has 0 radical (unpaired) electrons. The maximum atomic E-state index is 12.8. The van der Waals surface area contributed by atoms with Crippen molar-refractivity contribution < 1.29 is 19.7 Å². The highest BCUT2D eigenvalue weighted by molar-refractivity contribution is 8.76. The van der Waals surface area contributed by atoms with E-state index >= 15 is 0 Å². The molecule has 0 fully saturated rings. The van der Waals surface area contributed by atoms with Gasteiger partial charge in [-0.05, 0) is 35.9 Å². The van der Waals surface area contributed by atoms with Crippen LogP contribution >= 0.6 is 33.2 Å². The molecule has 1 amide bonds. The van der Waals surface area contributed by atoms with Crippen molar-refractivity contribution in [2.75, 3.05) is 12.3 Å². The Morgan fingerprint density at radius 2 is 1.85 bits per heavy atom. The fourth-order valence-corrected chi connectivity index (χ4v) is 4.72. The molecule has 2 N–H and O–H groups in total. The highest BCUT2D eigenvalue weighted by Gasteiger charge is 2.16. The van der Waals surface area contributed by atoms with E-state index < -0.39 is 10.8 Å². The summed E-state index contributed by atoms with van der Waals surface area (Å²) in [5.74, 6) is 0.0350. The number of nitrogens with one attached hydrogen (secondary N) is 1. The number of benzene rings is 3. The van der Waals surface area contributed by atoms with Gasteiger partial charge < -0.3 is 15.3 Å². The van der Waals surface area contributed by atoms with Crippen LogP contribution in [-0.4, -0.2) is 33.9 Å². The monoisotopic (exact) mass is 517 g/mol. The van der Waals surface area contributed by atoms with Crippen LogP contribution in [-0.2, 0) is 16.2 Å². The number of nitrogens with zero attached hydrogens (tertiary/aromatic N) is 2. The van der Waals surface area contributed by atoms with E-state index in [9.17, 15) is 20.0 Å². The Kier molecular flexibility index (Phi) is 9.62. The van der Waals surface area contributed by atoms with Gasteiger partial charge >= 0.3 is 0 Å². The summed E-state index contributed by atoms with van der Waals surface area (Å²) in [6.45, 7) is 0.540. The van der Waals surface area contributed by atoms with Crippen LogP contribution in [0.3, 0.4) is 0 Å². The molecule has 0 aromatic heterocycles. The molecule has 0 spiro atoms. The standard InChI is InChI=1S/C23H20ClN3O5S2/c24-20-14-17(6-11-21(20)28)22(26-32-15-16-4-2-1-3-5-16)23(29)25-12-13-33-34-19-9-7-18(8-10-19)27(30)31/h1-11,14,28H,12-13,15H2,(H,25,29)/b26-22-. The Balaban J connectivity index is 1.56. The molecule has 0 bridgehead atoms. The highest BCUT2D eigenvalue weighted by atomic mass is 35.5. The fraction of sp³-hybridized carbons (Fsp3) is 0.130. The lowest BCUT2D eigenvalue weighted by Crippen LogP contribution is -2.33. The number of non-ortho nitro benzene ring substituents is 1. The number of carbonyl (C=O) groups is 1. The van der Waals surface area contributed by atoms with E-state index in [0.717, 1.165) is 10.5 Å². The maximum absolute atomic E-state index is 12.8. The van der Waals surface area contributed by atoms with Gasteiger partial charge in [-0.1, -0.05) is 68.7 Å². The molecule has 0 saturated heterocycles. The smallest absolute Gasteiger partial charge is 0.273 e. The maximum Gasteiger partial charge on any atom is 0.273 e. The minimum Gasteiger partial charge on any atom is -0.506 e. The molecule has 3 aromatic rings. The summed E-state index contributed by atoms with van der Waals surface area (Å²) < 4.78 is 0. The number of aromatic hydroxyl groups is 1. The fourth-order valence-electron chi connectivity index (χ4n) is 2.65. The lowest BCUT2D eigenvalue weighted by molar-refractivity contribution is -0.384. The number of oxime groups is 1. The van der Waals surface area contributed by atoms with Crippen LogP contribution in [0.5, 0.6) is 5.75 Å². The summed E-state index contributed by atoms with van der Waals surface area (Å²) >= 11 is 6.00. The average Bonchev–Trinajstić information content (AvgIpc) is 2.84. The predicted octanol–water partition coefficient (Wildman–Crippen LogP) is 5.43. The van der Waals surface area contributed by atoms with Gasteiger partial charge in [0.1, 0.15) is 12.4 Å². The molecule has 11 heteroatoms. The molecule has 3 aromatic carbocycles. The number of nitro benzene ring substituents is 1. The van der Waals surface area contributed by atoms with E-state index in [1.807, 2.05) is 30.3 Å². The van der Waals surface area contributed by atoms with Gasteiger partial charge in [0.25, 0.3) is 11.6 Å². The third-order valence-corrected chi connectivity index (χ3v) is 7.03. The Labute approximate surface area is 208 Å². The summed E-state index contributed by atoms with van der Waals surface area (Å²) in [6, 6.07) is 20.0. The van der Waals surface area contributed by atoms with Crippen molar-refractivity contribution in [3.05, 3.63) is 99.1 Å². The van der Waals surface area contributed by atoms with Crippen LogP contribution in [0.1, 0.15) is 11.1 Å². The van der Waals surface area contributed by atoms with Crippen LogP contribution in [0.2, 0.25) is 5.02 Å². The van der Waals surface area contributed by atoms with Gasteiger partial charge in [-0.25, -0.2) is 0 Å². The Morgan fingerprint density at radius 1 is 1.12 bits per heavy atom. The lowest BCUT2D eigenvalue weighted by Gasteiger charge is -2.09. The zero-order valence-electron chi connectivity index (χ0n) is 17.7. The van der Waals surface area contributed by atoms with Crippen molar-refractivity contribution in [1.29, 1.82) is 0 Å². The van der Waals surface area contributed by atoms with Gasteiger partial charge in [-0.3, -0.25) is 14.9 Å².